The number of rotatable bonds is 5. The summed E-state index contributed by atoms with van der Waals surface area (Å²) >= 11 is 0. The summed E-state index contributed by atoms with van der Waals surface area (Å²) < 4.78 is 27.8. The number of fused-ring (bicyclic) bond motifs is 1. The Kier molecular flexibility index (Phi) is 4.55. The summed E-state index contributed by atoms with van der Waals surface area (Å²) in [4.78, 5) is 9.31. The van der Waals surface area contributed by atoms with E-state index in [1.807, 2.05) is 31.4 Å². The Bertz CT molecular complexity index is 1480. The van der Waals surface area contributed by atoms with Gasteiger partial charge in [0.1, 0.15) is 16.9 Å². The number of aryl methyl sites for hydroxylation is 1. The van der Waals surface area contributed by atoms with Crippen molar-refractivity contribution >= 4 is 21.1 Å². The molecule has 1 aliphatic heterocycles. The van der Waals surface area contributed by atoms with Crippen LogP contribution in [0.5, 0.6) is 0 Å². The largest absolute Gasteiger partial charge is 0.277 e. The van der Waals surface area contributed by atoms with Crippen LogP contribution in [-0.2, 0) is 22.8 Å². The van der Waals surface area contributed by atoms with E-state index in [1.54, 1.807) is 34.0 Å². The highest BCUT2D eigenvalue weighted by Crippen LogP contribution is 2.35. The van der Waals surface area contributed by atoms with Crippen molar-refractivity contribution in [3.05, 3.63) is 49.1 Å². The molecule has 162 valence electrons. The first kappa shape index (κ1) is 20.3. The van der Waals surface area contributed by atoms with E-state index in [0.717, 1.165) is 20.8 Å². The number of nitrogens with zero attached hydrogens (tertiary/aromatic N) is 8. The molecular formula is C20H19N9O2S. The van der Waals surface area contributed by atoms with Gasteiger partial charge in [-0.05, 0) is 24.3 Å². The summed E-state index contributed by atoms with van der Waals surface area (Å²) in [6.45, 7) is 0.179. The maximum Gasteiger partial charge on any atom is 0.277 e. The summed E-state index contributed by atoms with van der Waals surface area (Å²) in [5.41, 5.74) is 2.80. The van der Waals surface area contributed by atoms with Crippen LogP contribution in [0, 0.1) is 11.3 Å². The average molecular weight is 450 g/mol. The summed E-state index contributed by atoms with van der Waals surface area (Å²) in [7, 11) is -1.98. The first-order chi connectivity index (χ1) is 15.3. The number of nitriles is 1. The van der Waals surface area contributed by atoms with Crippen molar-refractivity contribution < 1.29 is 8.42 Å². The van der Waals surface area contributed by atoms with Crippen molar-refractivity contribution in [1.29, 1.82) is 5.26 Å². The molecule has 0 atom stereocenters. The zero-order valence-corrected chi connectivity index (χ0v) is 17.9. The standard InChI is InChI=1S/C20H19N9O2S/c1-27-11-14(10-24-27)17-9-18-15(3-2-7-23-18)19(25-17)16-4-8-29(26-16)20(5-6-21)12-28(13-20)32(22,30)31/h2-4,7-11H,5,12-13H2,1H3,(H2,22,30,31). The Hall–Kier alpha value is -3.66. The maximum absolute atomic E-state index is 11.7. The van der Waals surface area contributed by atoms with Gasteiger partial charge in [0.15, 0.2) is 0 Å². The van der Waals surface area contributed by atoms with E-state index < -0.39 is 15.7 Å². The van der Waals surface area contributed by atoms with Crippen molar-refractivity contribution in [2.75, 3.05) is 13.1 Å². The second kappa shape index (κ2) is 7.20. The van der Waals surface area contributed by atoms with Gasteiger partial charge in [0.25, 0.3) is 10.2 Å². The minimum Gasteiger partial charge on any atom is -0.275 e. The van der Waals surface area contributed by atoms with Crippen molar-refractivity contribution in [2.24, 2.45) is 12.2 Å². The van der Waals surface area contributed by atoms with Crippen LogP contribution < -0.4 is 5.14 Å². The molecule has 5 heterocycles. The smallest absolute Gasteiger partial charge is 0.275 e. The van der Waals surface area contributed by atoms with Crippen molar-refractivity contribution in [1.82, 2.24) is 33.8 Å². The summed E-state index contributed by atoms with van der Waals surface area (Å²) in [6.07, 6.45) is 7.17. The molecule has 1 saturated heterocycles. The Labute approximate surface area is 183 Å². The fraction of sp³-hybridized carbons (Fsp3) is 0.250. The second-order valence-corrected chi connectivity index (χ2v) is 9.39. The van der Waals surface area contributed by atoms with Gasteiger partial charge < -0.3 is 0 Å². The van der Waals surface area contributed by atoms with E-state index in [0.29, 0.717) is 17.1 Å². The van der Waals surface area contributed by atoms with E-state index >= 15 is 0 Å². The molecule has 0 radical (unpaired) electrons. The van der Waals surface area contributed by atoms with Crippen LogP contribution in [-0.4, -0.2) is 55.3 Å². The second-order valence-electron chi connectivity index (χ2n) is 7.85. The molecule has 1 aliphatic rings. The minimum atomic E-state index is -3.82. The predicted octanol–water partition coefficient (Wildman–Crippen LogP) is 1.02. The number of nitrogens with two attached hydrogens (primary N) is 1. The van der Waals surface area contributed by atoms with Crippen LogP contribution in [0.3, 0.4) is 0 Å². The van der Waals surface area contributed by atoms with Gasteiger partial charge in [0.2, 0.25) is 0 Å². The SMILES string of the molecule is Cn1cc(-c2cc3ncccc3c(-c3ccn(C4(CC#N)CN(S(N)(=O)=O)C4)n3)n2)cn1. The molecule has 1 fully saturated rings. The van der Waals surface area contributed by atoms with Crippen LogP contribution in [0.15, 0.2) is 49.1 Å². The first-order valence-corrected chi connectivity index (χ1v) is 11.3. The minimum absolute atomic E-state index is 0.0893. The molecule has 2 N–H and O–H groups in total. The molecule has 12 heteroatoms. The van der Waals surface area contributed by atoms with Gasteiger partial charge in [-0.3, -0.25) is 14.3 Å². The zero-order chi connectivity index (χ0) is 22.5. The van der Waals surface area contributed by atoms with Gasteiger partial charge in [-0.15, -0.1) is 0 Å². The molecular weight excluding hydrogens is 430 g/mol. The summed E-state index contributed by atoms with van der Waals surface area (Å²) in [5, 5.41) is 24.3. The Morgan fingerprint density at radius 1 is 1.28 bits per heavy atom. The van der Waals surface area contributed by atoms with Crippen LogP contribution in [0.2, 0.25) is 0 Å². The molecule has 0 bridgehead atoms. The van der Waals surface area contributed by atoms with Crippen LogP contribution >= 0.6 is 0 Å². The van der Waals surface area contributed by atoms with Gasteiger partial charge in [-0.25, -0.2) is 10.1 Å². The van der Waals surface area contributed by atoms with E-state index in [-0.39, 0.29) is 19.5 Å². The lowest BCUT2D eigenvalue weighted by Crippen LogP contribution is -2.65. The molecule has 0 aromatic carbocycles. The third kappa shape index (κ3) is 3.32. The van der Waals surface area contributed by atoms with E-state index in [9.17, 15) is 13.7 Å². The fourth-order valence-corrected chi connectivity index (χ4v) is 4.80. The molecule has 5 rings (SSSR count). The number of pyridine rings is 2. The van der Waals surface area contributed by atoms with Crippen molar-refractivity contribution in [3.8, 4) is 28.7 Å². The van der Waals surface area contributed by atoms with Gasteiger partial charge in [0, 0.05) is 49.7 Å². The Balaban J connectivity index is 1.59. The highest BCUT2D eigenvalue weighted by Gasteiger charge is 2.49. The van der Waals surface area contributed by atoms with E-state index in [4.69, 9.17) is 15.2 Å². The molecule has 0 spiro atoms. The van der Waals surface area contributed by atoms with Gasteiger partial charge >= 0.3 is 0 Å². The average Bonchev–Trinajstić information content (AvgIpc) is 3.38. The molecule has 4 aromatic heterocycles. The Morgan fingerprint density at radius 3 is 2.78 bits per heavy atom. The normalized spacial score (nSPS) is 16.0. The highest BCUT2D eigenvalue weighted by molar-refractivity contribution is 7.86. The lowest BCUT2D eigenvalue weighted by Gasteiger charge is -2.47. The molecule has 32 heavy (non-hydrogen) atoms. The third-order valence-corrected chi connectivity index (χ3v) is 6.61. The van der Waals surface area contributed by atoms with Crippen molar-refractivity contribution in [2.45, 2.75) is 12.0 Å². The van der Waals surface area contributed by atoms with E-state index in [1.165, 1.54) is 0 Å². The van der Waals surface area contributed by atoms with Gasteiger partial charge in [0.05, 0.1) is 29.9 Å². The van der Waals surface area contributed by atoms with Crippen LogP contribution in [0.25, 0.3) is 33.5 Å². The highest BCUT2D eigenvalue weighted by atomic mass is 32.2. The number of hydrogen-bond acceptors (Lipinski definition) is 7. The number of hydrogen-bond donors (Lipinski definition) is 1. The molecule has 0 aliphatic carbocycles. The van der Waals surface area contributed by atoms with E-state index in [2.05, 4.69) is 16.2 Å². The fourth-order valence-electron chi connectivity index (χ4n) is 3.96. The lowest BCUT2D eigenvalue weighted by atomic mass is 9.89. The molecule has 0 unspecified atom stereocenters. The lowest BCUT2D eigenvalue weighted by molar-refractivity contribution is 0.0719. The van der Waals surface area contributed by atoms with Crippen molar-refractivity contribution in [3.63, 3.8) is 0 Å². The van der Waals surface area contributed by atoms with Gasteiger partial charge in [-0.1, -0.05) is 0 Å². The molecule has 4 aromatic rings. The monoisotopic (exact) mass is 449 g/mol. The molecule has 0 amide bonds. The molecule has 0 saturated carbocycles. The first-order valence-electron chi connectivity index (χ1n) is 9.75. The van der Waals surface area contributed by atoms with Crippen LogP contribution in [0.4, 0.5) is 0 Å². The third-order valence-electron chi connectivity index (χ3n) is 5.63. The summed E-state index contributed by atoms with van der Waals surface area (Å²) in [6, 6.07) is 9.60. The zero-order valence-electron chi connectivity index (χ0n) is 17.1. The maximum atomic E-state index is 11.7. The quantitative estimate of drug-likeness (QED) is 0.478. The number of aromatic nitrogens is 6. The van der Waals surface area contributed by atoms with Gasteiger partial charge in [-0.2, -0.15) is 28.2 Å². The topological polar surface area (TPSA) is 149 Å². The summed E-state index contributed by atoms with van der Waals surface area (Å²) in [5.74, 6) is 0. The molecule has 11 nitrogen and oxygen atoms in total. The Morgan fingerprint density at radius 2 is 2.09 bits per heavy atom. The van der Waals surface area contributed by atoms with Crippen LogP contribution in [0.1, 0.15) is 6.42 Å². The predicted molar refractivity (Wildman–Crippen MR) is 116 cm³/mol.